The molecule has 3 aromatic rings. The molecule has 0 unspecified atom stereocenters. The maximum absolute atomic E-state index is 13.0. The Kier molecular flexibility index (Phi) is 5.71. The van der Waals surface area contributed by atoms with E-state index < -0.39 is 27.0 Å². The summed E-state index contributed by atoms with van der Waals surface area (Å²) in [4.78, 5) is 3.89. The van der Waals surface area contributed by atoms with Crippen molar-refractivity contribution in [3.8, 4) is 17.1 Å². The first-order valence-electron chi connectivity index (χ1n) is 9.48. The van der Waals surface area contributed by atoms with Gasteiger partial charge in [0.15, 0.2) is 0 Å². The van der Waals surface area contributed by atoms with E-state index in [9.17, 15) is 21.6 Å². The molecule has 2 heterocycles. The zero-order chi connectivity index (χ0) is 22.1. The smallest absolute Gasteiger partial charge is 0.404 e. The van der Waals surface area contributed by atoms with Gasteiger partial charge in [-0.1, -0.05) is 47.6 Å². The van der Waals surface area contributed by atoms with E-state index in [0.717, 1.165) is 22.0 Å². The lowest BCUT2D eigenvalue weighted by Gasteiger charge is -2.30. The van der Waals surface area contributed by atoms with Gasteiger partial charge < -0.3 is 9.26 Å². The van der Waals surface area contributed by atoms with Gasteiger partial charge in [0.1, 0.15) is 10.6 Å². The van der Waals surface area contributed by atoms with E-state index in [-0.39, 0.29) is 19.0 Å². The van der Waals surface area contributed by atoms with Crippen molar-refractivity contribution in [1.82, 2.24) is 14.4 Å². The molecule has 1 fully saturated rings. The van der Waals surface area contributed by atoms with Gasteiger partial charge in [-0.3, -0.25) is 0 Å². The molecule has 1 aliphatic rings. The fraction of sp³-hybridized carbons (Fsp3) is 0.300. The molecule has 0 atom stereocenters. The van der Waals surface area contributed by atoms with E-state index in [1.807, 2.05) is 30.3 Å². The van der Waals surface area contributed by atoms with Crippen LogP contribution in [0.25, 0.3) is 11.4 Å². The van der Waals surface area contributed by atoms with E-state index in [4.69, 9.17) is 4.52 Å². The van der Waals surface area contributed by atoms with Gasteiger partial charge in [-0.2, -0.15) is 9.29 Å². The van der Waals surface area contributed by atoms with Crippen molar-refractivity contribution in [1.29, 1.82) is 0 Å². The molecule has 0 N–H and O–H groups in total. The molecule has 7 nitrogen and oxygen atoms in total. The molecule has 4 rings (SSSR count). The van der Waals surface area contributed by atoms with E-state index >= 15 is 0 Å². The molecule has 2 aromatic carbocycles. The van der Waals surface area contributed by atoms with Gasteiger partial charge in [-0.15, -0.1) is 13.2 Å². The number of ether oxygens (including phenoxy) is 1. The highest BCUT2D eigenvalue weighted by molar-refractivity contribution is 7.89. The number of alkyl halides is 3. The first kappa shape index (κ1) is 21.3. The SMILES string of the molecule is O=S(=O)(c1ccccc1OC(F)(F)F)N1CCC(c2nc(-c3ccccc3)no2)CC1. The molecule has 0 amide bonds. The van der Waals surface area contributed by atoms with Crippen LogP contribution in [-0.2, 0) is 10.0 Å². The van der Waals surface area contributed by atoms with Gasteiger partial charge in [0.05, 0.1) is 0 Å². The van der Waals surface area contributed by atoms with Crippen molar-refractivity contribution in [3.63, 3.8) is 0 Å². The third-order valence-electron chi connectivity index (χ3n) is 4.97. The van der Waals surface area contributed by atoms with Crippen molar-refractivity contribution in [2.75, 3.05) is 13.1 Å². The number of hydrogen-bond donors (Lipinski definition) is 0. The Morgan fingerprint density at radius 1 is 1.00 bits per heavy atom. The molecule has 164 valence electrons. The van der Waals surface area contributed by atoms with Gasteiger partial charge in [-0.25, -0.2) is 8.42 Å². The summed E-state index contributed by atoms with van der Waals surface area (Å²) < 4.78 is 74.3. The van der Waals surface area contributed by atoms with Gasteiger partial charge in [0.2, 0.25) is 21.7 Å². The highest BCUT2D eigenvalue weighted by atomic mass is 32.2. The van der Waals surface area contributed by atoms with Crippen LogP contribution in [-0.4, -0.2) is 42.3 Å². The van der Waals surface area contributed by atoms with Crippen LogP contribution in [0.5, 0.6) is 5.75 Å². The Bertz CT molecular complexity index is 1140. The standard InChI is InChI=1S/C20H18F3N3O4S/c21-20(22,23)29-16-8-4-5-9-17(16)31(27,28)26-12-10-15(11-13-26)19-24-18(25-30-19)14-6-2-1-3-7-14/h1-9,15H,10-13H2. The van der Waals surface area contributed by atoms with Crippen LogP contribution >= 0.6 is 0 Å². The maximum atomic E-state index is 13.0. The summed E-state index contributed by atoms with van der Waals surface area (Å²) in [5.74, 6) is -0.0276. The monoisotopic (exact) mass is 453 g/mol. The summed E-state index contributed by atoms with van der Waals surface area (Å²) in [6.07, 6.45) is -4.19. The van der Waals surface area contributed by atoms with Crippen LogP contribution in [0.4, 0.5) is 13.2 Å². The van der Waals surface area contributed by atoms with Crippen molar-refractivity contribution in [3.05, 3.63) is 60.5 Å². The van der Waals surface area contributed by atoms with Crippen molar-refractivity contribution < 1.29 is 30.8 Å². The maximum Gasteiger partial charge on any atom is 0.573 e. The predicted octanol–water partition coefficient (Wildman–Crippen LogP) is 4.20. The second-order valence-corrected chi connectivity index (χ2v) is 8.90. The summed E-state index contributed by atoms with van der Waals surface area (Å²) >= 11 is 0. The summed E-state index contributed by atoms with van der Waals surface area (Å²) in [6.45, 7) is 0.215. The first-order chi connectivity index (χ1) is 14.7. The molecule has 11 heteroatoms. The molecule has 1 aromatic heterocycles. The number of hydrogen-bond acceptors (Lipinski definition) is 6. The largest absolute Gasteiger partial charge is 0.573 e. The number of benzene rings is 2. The van der Waals surface area contributed by atoms with E-state index in [1.54, 1.807) is 0 Å². The minimum absolute atomic E-state index is 0.108. The van der Waals surface area contributed by atoms with Crippen molar-refractivity contribution >= 4 is 10.0 Å². The van der Waals surface area contributed by atoms with Crippen LogP contribution in [0, 0.1) is 0 Å². The molecule has 0 spiro atoms. The summed E-state index contributed by atoms with van der Waals surface area (Å²) in [6, 6.07) is 14.0. The molecule has 1 saturated heterocycles. The molecule has 0 bridgehead atoms. The normalized spacial score (nSPS) is 16.4. The molecule has 31 heavy (non-hydrogen) atoms. The van der Waals surface area contributed by atoms with Gasteiger partial charge in [0, 0.05) is 24.6 Å². The minimum Gasteiger partial charge on any atom is -0.404 e. The minimum atomic E-state index is -4.99. The number of nitrogens with zero attached hydrogens (tertiary/aromatic N) is 3. The van der Waals surface area contributed by atoms with E-state index in [2.05, 4.69) is 14.9 Å². The van der Waals surface area contributed by atoms with Crippen LogP contribution in [0.3, 0.4) is 0 Å². The quantitative estimate of drug-likeness (QED) is 0.576. The molecular weight excluding hydrogens is 435 g/mol. The fourth-order valence-corrected chi connectivity index (χ4v) is 5.04. The number of halogens is 3. The number of sulfonamides is 1. The van der Waals surface area contributed by atoms with Gasteiger partial charge in [0.25, 0.3) is 0 Å². The zero-order valence-corrected chi connectivity index (χ0v) is 16.9. The third-order valence-corrected chi connectivity index (χ3v) is 6.91. The lowest BCUT2D eigenvalue weighted by molar-refractivity contribution is -0.275. The number of piperidine rings is 1. The molecule has 0 aliphatic carbocycles. The third kappa shape index (κ3) is 4.72. The van der Waals surface area contributed by atoms with E-state index in [1.165, 1.54) is 12.1 Å². The fourth-order valence-electron chi connectivity index (χ4n) is 3.46. The number of rotatable bonds is 5. The lowest BCUT2D eigenvalue weighted by atomic mass is 9.98. The molecular formula is C20H18F3N3O4S. The average Bonchev–Trinajstić information content (AvgIpc) is 3.24. The second-order valence-electron chi connectivity index (χ2n) is 7.00. The van der Waals surface area contributed by atoms with Crippen molar-refractivity contribution in [2.45, 2.75) is 30.0 Å². The van der Waals surface area contributed by atoms with E-state index in [0.29, 0.717) is 24.6 Å². The Labute approximate surface area is 176 Å². The number of para-hydroxylation sites is 1. The van der Waals surface area contributed by atoms with Gasteiger partial charge in [-0.05, 0) is 25.0 Å². The zero-order valence-electron chi connectivity index (χ0n) is 16.1. The summed E-state index contributed by atoms with van der Waals surface area (Å²) in [5, 5.41) is 3.98. The molecule has 1 aliphatic heterocycles. The Balaban J connectivity index is 1.47. The predicted molar refractivity (Wildman–Crippen MR) is 104 cm³/mol. The number of aromatic nitrogens is 2. The lowest BCUT2D eigenvalue weighted by Crippen LogP contribution is -2.38. The Hall–Kier alpha value is -2.92. The highest BCUT2D eigenvalue weighted by Crippen LogP contribution is 2.35. The second kappa shape index (κ2) is 8.31. The Morgan fingerprint density at radius 2 is 1.65 bits per heavy atom. The molecule has 0 saturated carbocycles. The Morgan fingerprint density at radius 3 is 2.32 bits per heavy atom. The topological polar surface area (TPSA) is 85.5 Å². The van der Waals surface area contributed by atoms with Crippen molar-refractivity contribution in [2.24, 2.45) is 0 Å². The van der Waals surface area contributed by atoms with Gasteiger partial charge >= 0.3 is 6.36 Å². The van der Waals surface area contributed by atoms with Crippen LogP contribution < -0.4 is 4.74 Å². The highest BCUT2D eigenvalue weighted by Gasteiger charge is 2.37. The molecule has 0 radical (unpaired) electrons. The van der Waals surface area contributed by atoms with Crippen LogP contribution in [0.15, 0.2) is 64.0 Å². The van der Waals surface area contributed by atoms with Crippen LogP contribution in [0.2, 0.25) is 0 Å². The van der Waals surface area contributed by atoms with Crippen LogP contribution in [0.1, 0.15) is 24.7 Å². The summed E-state index contributed by atoms with van der Waals surface area (Å²) in [5.41, 5.74) is 0.804. The first-order valence-corrected chi connectivity index (χ1v) is 10.9. The average molecular weight is 453 g/mol. The summed E-state index contributed by atoms with van der Waals surface area (Å²) in [7, 11) is -4.17.